The fourth-order valence-electron chi connectivity index (χ4n) is 1.52. The Kier molecular flexibility index (Phi) is 3.76. The number of nitrogens with one attached hydrogen (secondary N) is 1. The van der Waals surface area contributed by atoms with Gasteiger partial charge in [-0.15, -0.1) is 0 Å². The Morgan fingerprint density at radius 1 is 1.35 bits per heavy atom. The lowest BCUT2D eigenvalue weighted by Gasteiger charge is -2.04. The molecule has 4 nitrogen and oxygen atoms in total. The average Bonchev–Trinajstić information content (AvgIpc) is 2.80. The van der Waals surface area contributed by atoms with E-state index in [9.17, 15) is 0 Å². The van der Waals surface area contributed by atoms with Gasteiger partial charge in [0.15, 0.2) is 0 Å². The van der Waals surface area contributed by atoms with Gasteiger partial charge in [0.05, 0.1) is 6.04 Å². The molecule has 2 rings (SSSR count). The lowest BCUT2D eigenvalue weighted by atomic mass is 10.2. The smallest absolute Gasteiger partial charge is 0.243 e. The van der Waals surface area contributed by atoms with E-state index < -0.39 is 0 Å². The molecule has 1 aromatic carbocycles. The van der Waals surface area contributed by atoms with Gasteiger partial charge >= 0.3 is 0 Å². The molecule has 90 valence electrons. The molecule has 0 saturated carbocycles. The van der Waals surface area contributed by atoms with E-state index in [1.54, 1.807) is 12.1 Å². The summed E-state index contributed by atoms with van der Waals surface area (Å²) >= 11 is 5.82. The SMILES string of the molecule is CCNC(C)c1nc(-c2ccc(Cl)cc2)no1. The van der Waals surface area contributed by atoms with Crippen LogP contribution in [0.15, 0.2) is 28.8 Å². The number of hydrogen-bond donors (Lipinski definition) is 1. The molecule has 1 atom stereocenters. The second-order valence-electron chi connectivity index (χ2n) is 3.74. The predicted octanol–water partition coefficient (Wildman–Crippen LogP) is 3.06. The minimum Gasteiger partial charge on any atom is -0.337 e. The van der Waals surface area contributed by atoms with Crippen LogP contribution >= 0.6 is 11.6 Å². The zero-order valence-electron chi connectivity index (χ0n) is 9.77. The lowest BCUT2D eigenvalue weighted by molar-refractivity contribution is 0.342. The molecule has 0 aliphatic heterocycles. The van der Waals surface area contributed by atoms with Gasteiger partial charge in [0.1, 0.15) is 0 Å². The molecule has 0 fully saturated rings. The fraction of sp³-hybridized carbons (Fsp3) is 0.333. The number of halogens is 1. The van der Waals surface area contributed by atoms with Crippen molar-refractivity contribution in [2.75, 3.05) is 6.54 Å². The van der Waals surface area contributed by atoms with Crippen molar-refractivity contribution in [3.63, 3.8) is 0 Å². The molecule has 1 aromatic heterocycles. The Morgan fingerprint density at radius 3 is 2.71 bits per heavy atom. The van der Waals surface area contributed by atoms with E-state index in [4.69, 9.17) is 16.1 Å². The molecular weight excluding hydrogens is 238 g/mol. The molecular formula is C12H14ClN3O. The largest absolute Gasteiger partial charge is 0.337 e. The third-order valence-electron chi connectivity index (χ3n) is 2.42. The van der Waals surface area contributed by atoms with Crippen LogP contribution in [0.3, 0.4) is 0 Å². The van der Waals surface area contributed by atoms with Gasteiger partial charge in [0.25, 0.3) is 0 Å². The molecule has 0 amide bonds. The topological polar surface area (TPSA) is 51.0 Å². The second kappa shape index (κ2) is 5.29. The van der Waals surface area contributed by atoms with Gasteiger partial charge in [-0.3, -0.25) is 0 Å². The van der Waals surface area contributed by atoms with Crippen molar-refractivity contribution in [1.29, 1.82) is 0 Å². The first-order valence-corrected chi connectivity index (χ1v) is 5.91. The van der Waals surface area contributed by atoms with E-state index in [1.165, 1.54) is 0 Å². The standard InChI is InChI=1S/C12H14ClN3O/c1-3-14-8(2)12-15-11(16-17-12)9-4-6-10(13)7-5-9/h4-8,14H,3H2,1-2H3. The summed E-state index contributed by atoms with van der Waals surface area (Å²) in [6.07, 6.45) is 0. The molecule has 1 unspecified atom stereocenters. The first-order valence-electron chi connectivity index (χ1n) is 5.53. The van der Waals surface area contributed by atoms with Crippen molar-refractivity contribution in [1.82, 2.24) is 15.5 Å². The maximum absolute atomic E-state index is 5.82. The van der Waals surface area contributed by atoms with Crippen molar-refractivity contribution in [3.05, 3.63) is 35.2 Å². The maximum atomic E-state index is 5.82. The molecule has 0 saturated heterocycles. The quantitative estimate of drug-likeness (QED) is 0.907. The van der Waals surface area contributed by atoms with E-state index in [0.29, 0.717) is 16.7 Å². The van der Waals surface area contributed by atoms with Crippen molar-refractivity contribution in [2.24, 2.45) is 0 Å². The Balaban J connectivity index is 2.20. The van der Waals surface area contributed by atoms with Crippen molar-refractivity contribution >= 4 is 11.6 Å². The number of hydrogen-bond acceptors (Lipinski definition) is 4. The fourth-order valence-corrected chi connectivity index (χ4v) is 1.65. The van der Waals surface area contributed by atoms with Crippen LogP contribution in [0, 0.1) is 0 Å². The molecule has 17 heavy (non-hydrogen) atoms. The lowest BCUT2D eigenvalue weighted by Crippen LogP contribution is -2.17. The first-order chi connectivity index (χ1) is 8.20. The van der Waals surface area contributed by atoms with Crippen molar-refractivity contribution < 1.29 is 4.52 Å². The van der Waals surface area contributed by atoms with E-state index in [1.807, 2.05) is 26.0 Å². The van der Waals surface area contributed by atoms with Gasteiger partial charge in [-0.05, 0) is 37.7 Å². The van der Waals surface area contributed by atoms with Crippen LogP contribution in [0.5, 0.6) is 0 Å². The highest BCUT2D eigenvalue weighted by atomic mass is 35.5. The van der Waals surface area contributed by atoms with Gasteiger partial charge < -0.3 is 9.84 Å². The van der Waals surface area contributed by atoms with Crippen LogP contribution in [0.4, 0.5) is 0 Å². The highest BCUT2D eigenvalue weighted by Gasteiger charge is 2.13. The van der Waals surface area contributed by atoms with Gasteiger partial charge in [-0.1, -0.05) is 23.7 Å². The molecule has 1 heterocycles. The van der Waals surface area contributed by atoms with Crippen molar-refractivity contribution in [3.8, 4) is 11.4 Å². The van der Waals surface area contributed by atoms with Gasteiger partial charge in [0.2, 0.25) is 11.7 Å². The third kappa shape index (κ3) is 2.84. The van der Waals surface area contributed by atoms with Gasteiger partial charge in [-0.2, -0.15) is 4.98 Å². The third-order valence-corrected chi connectivity index (χ3v) is 2.68. The second-order valence-corrected chi connectivity index (χ2v) is 4.18. The first kappa shape index (κ1) is 12.1. The summed E-state index contributed by atoms with van der Waals surface area (Å²) in [6.45, 7) is 4.88. The monoisotopic (exact) mass is 251 g/mol. The minimum absolute atomic E-state index is 0.0635. The number of benzene rings is 1. The molecule has 0 aliphatic rings. The zero-order valence-corrected chi connectivity index (χ0v) is 10.5. The summed E-state index contributed by atoms with van der Waals surface area (Å²) in [5.74, 6) is 1.18. The summed E-state index contributed by atoms with van der Waals surface area (Å²) < 4.78 is 5.21. The van der Waals surface area contributed by atoms with Gasteiger partial charge in [-0.25, -0.2) is 0 Å². The van der Waals surface area contributed by atoms with Crippen LogP contribution in [-0.2, 0) is 0 Å². The highest BCUT2D eigenvalue weighted by Crippen LogP contribution is 2.20. The molecule has 2 aromatic rings. The van der Waals surface area contributed by atoms with Crippen molar-refractivity contribution in [2.45, 2.75) is 19.9 Å². The number of rotatable bonds is 4. The van der Waals surface area contributed by atoms with Crippen LogP contribution < -0.4 is 5.32 Å². The molecule has 5 heteroatoms. The van der Waals surface area contributed by atoms with Crippen LogP contribution in [0.2, 0.25) is 5.02 Å². The molecule has 1 N–H and O–H groups in total. The Morgan fingerprint density at radius 2 is 2.06 bits per heavy atom. The molecule has 0 spiro atoms. The van der Waals surface area contributed by atoms with E-state index in [2.05, 4.69) is 15.5 Å². The zero-order chi connectivity index (χ0) is 12.3. The average molecular weight is 252 g/mol. The summed E-state index contributed by atoms with van der Waals surface area (Å²) in [5, 5.41) is 7.86. The Hall–Kier alpha value is -1.39. The summed E-state index contributed by atoms with van der Waals surface area (Å²) in [5.41, 5.74) is 0.896. The summed E-state index contributed by atoms with van der Waals surface area (Å²) in [7, 11) is 0. The minimum atomic E-state index is 0.0635. The maximum Gasteiger partial charge on any atom is 0.243 e. The van der Waals surface area contributed by atoms with E-state index >= 15 is 0 Å². The predicted molar refractivity (Wildman–Crippen MR) is 66.8 cm³/mol. The summed E-state index contributed by atoms with van der Waals surface area (Å²) in [6, 6.07) is 7.42. The molecule has 0 bridgehead atoms. The number of nitrogens with zero attached hydrogens (tertiary/aromatic N) is 2. The molecule has 0 radical (unpaired) electrons. The highest BCUT2D eigenvalue weighted by molar-refractivity contribution is 6.30. The van der Waals surface area contributed by atoms with E-state index in [0.717, 1.165) is 12.1 Å². The van der Waals surface area contributed by atoms with Crippen LogP contribution in [-0.4, -0.2) is 16.7 Å². The van der Waals surface area contributed by atoms with Crippen LogP contribution in [0.1, 0.15) is 25.8 Å². The molecule has 0 aliphatic carbocycles. The van der Waals surface area contributed by atoms with Gasteiger partial charge in [0, 0.05) is 10.6 Å². The Bertz CT molecular complexity index is 481. The summed E-state index contributed by atoms with van der Waals surface area (Å²) in [4.78, 5) is 4.35. The normalized spacial score (nSPS) is 12.6. The Labute approximate surface area is 105 Å². The van der Waals surface area contributed by atoms with Crippen LogP contribution in [0.25, 0.3) is 11.4 Å². The van der Waals surface area contributed by atoms with E-state index in [-0.39, 0.29) is 6.04 Å². The number of aromatic nitrogens is 2.